The van der Waals surface area contributed by atoms with Crippen molar-refractivity contribution in [2.45, 2.75) is 13.0 Å². The van der Waals surface area contributed by atoms with Crippen LogP contribution in [0.3, 0.4) is 0 Å². The van der Waals surface area contributed by atoms with Crippen LogP contribution in [0, 0.1) is 0 Å². The summed E-state index contributed by atoms with van der Waals surface area (Å²) in [6, 6.07) is 10.9. The smallest absolute Gasteiger partial charge is 0.276 e. The van der Waals surface area contributed by atoms with Crippen molar-refractivity contribution >= 4 is 52.5 Å². The van der Waals surface area contributed by atoms with Crippen molar-refractivity contribution in [2.24, 2.45) is 0 Å². The lowest BCUT2D eigenvalue weighted by Gasteiger charge is -2.14. The Kier molecular flexibility index (Phi) is 5.44. The minimum Gasteiger partial charge on any atom is -0.489 e. The molecule has 1 N–H and O–H groups in total. The van der Waals surface area contributed by atoms with Crippen LogP contribution in [-0.2, 0) is 11.3 Å². The molecule has 5 nitrogen and oxygen atoms in total. The molecule has 2 aliphatic rings. The van der Waals surface area contributed by atoms with Gasteiger partial charge in [0, 0.05) is 11.4 Å². The second-order valence-electron chi connectivity index (χ2n) is 6.35. The number of ether oxygens (including phenoxy) is 2. The number of nitrogens with one attached hydrogen (secondary N) is 1. The lowest BCUT2D eigenvalue weighted by atomic mass is 10.1. The molecule has 0 aliphatic carbocycles. The molecular formula is C20H16Cl2N2O3S. The molecule has 0 spiro atoms. The predicted molar refractivity (Wildman–Crippen MR) is 113 cm³/mol. The maximum absolute atomic E-state index is 12.8. The van der Waals surface area contributed by atoms with Gasteiger partial charge < -0.3 is 14.8 Å². The van der Waals surface area contributed by atoms with Gasteiger partial charge in [-0.3, -0.25) is 9.69 Å². The van der Waals surface area contributed by atoms with Gasteiger partial charge in [-0.05, 0) is 47.6 Å². The molecule has 2 aromatic rings. The van der Waals surface area contributed by atoms with Crippen molar-refractivity contribution in [2.75, 3.05) is 13.2 Å². The molecule has 1 amide bonds. The number of nitrogens with zero attached hydrogens (tertiary/aromatic N) is 1. The Morgan fingerprint density at radius 3 is 2.75 bits per heavy atom. The molecule has 2 aromatic carbocycles. The largest absolute Gasteiger partial charge is 0.489 e. The normalized spacial score (nSPS) is 17.6. The van der Waals surface area contributed by atoms with Crippen LogP contribution in [0.2, 0.25) is 10.0 Å². The number of carbonyl (C=O) groups excluding carboxylic acids is 1. The Bertz CT molecular complexity index is 993. The van der Waals surface area contributed by atoms with Crippen molar-refractivity contribution in [3.05, 3.63) is 63.3 Å². The number of carbonyl (C=O) groups is 1. The van der Waals surface area contributed by atoms with Crippen LogP contribution < -0.4 is 14.8 Å². The van der Waals surface area contributed by atoms with Gasteiger partial charge in [-0.2, -0.15) is 0 Å². The summed E-state index contributed by atoms with van der Waals surface area (Å²) in [5.74, 6) is 0.869. The van der Waals surface area contributed by atoms with Crippen molar-refractivity contribution in [1.82, 2.24) is 10.2 Å². The summed E-state index contributed by atoms with van der Waals surface area (Å²) in [5, 5.41) is 4.32. The van der Waals surface area contributed by atoms with Crippen molar-refractivity contribution in [1.29, 1.82) is 0 Å². The number of fused-ring (bicyclic) bond motifs is 1. The standard InChI is InChI=1S/C20H16Cl2N2O3S/c21-14-5-2-1-4-13(14)11-24-19(25)16(23-20(24)28)9-12-8-15(22)18-17(10-12)26-6-3-7-27-18/h1-2,4-5,8-10H,3,6-7,11H2,(H,23,28)/b16-9+. The monoisotopic (exact) mass is 434 g/mol. The molecule has 2 heterocycles. The average molecular weight is 435 g/mol. The number of thiocarbonyl (C=S) groups is 1. The fourth-order valence-electron chi connectivity index (χ4n) is 3.01. The lowest BCUT2D eigenvalue weighted by Crippen LogP contribution is -2.30. The van der Waals surface area contributed by atoms with Crippen LogP contribution in [0.25, 0.3) is 6.08 Å². The van der Waals surface area contributed by atoms with E-state index in [1.54, 1.807) is 24.3 Å². The van der Waals surface area contributed by atoms with E-state index in [2.05, 4.69) is 5.32 Å². The molecule has 144 valence electrons. The van der Waals surface area contributed by atoms with Crippen molar-refractivity contribution in [3.63, 3.8) is 0 Å². The van der Waals surface area contributed by atoms with Gasteiger partial charge in [0.05, 0.1) is 24.8 Å². The van der Waals surface area contributed by atoms with Gasteiger partial charge in [0.2, 0.25) is 0 Å². The Hall–Kier alpha value is -2.28. The highest BCUT2D eigenvalue weighted by molar-refractivity contribution is 7.80. The summed E-state index contributed by atoms with van der Waals surface area (Å²) in [4.78, 5) is 14.3. The molecule has 8 heteroatoms. The first kappa shape index (κ1) is 19.1. The summed E-state index contributed by atoms with van der Waals surface area (Å²) >= 11 is 17.9. The fraction of sp³-hybridized carbons (Fsp3) is 0.200. The summed E-state index contributed by atoms with van der Waals surface area (Å²) in [6.07, 6.45) is 2.48. The Morgan fingerprint density at radius 1 is 1.14 bits per heavy atom. The van der Waals surface area contributed by atoms with Crippen LogP contribution in [0.4, 0.5) is 0 Å². The van der Waals surface area contributed by atoms with Gasteiger partial charge in [0.15, 0.2) is 16.6 Å². The van der Waals surface area contributed by atoms with E-state index in [0.29, 0.717) is 57.7 Å². The Labute approximate surface area is 177 Å². The summed E-state index contributed by atoms with van der Waals surface area (Å²) in [7, 11) is 0. The van der Waals surface area contributed by atoms with E-state index in [9.17, 15) is 4.79 Å². The molecule has 0 saturated carbocycles. The topological polar surface area (TPSA) is 50.8 Å². The van der Waals surface area contributed by atoms with E-state index in [-0.39, 0.29) is 5.91 Å². The Balaban J connectivity index is 1.60. The summed E-state index contributed by atoms with van der Waals surface area (Å²) in [5.41, 5.74) is 1.90. The van der Waals surface area contributed by atoms with Crippen LogP contribution >= 0.6 is 35.4 Å². The quantitative estimate of drug-likeness (QED) is 0.572. The van der Waals surface area contributed by atoms with E-state index >= 15 is 0 Å². The first-order valence-corrected chi connectivity index (χ1v) is 9.86. The zero-order valence-corrected chi connectivity index (χ0v) is 17.0. The minimum atomic E-state index is -0.229. The highest BCUT2D eigenvalue weighted by Gasteiger charge is 2.31. The minimum absolute atomic E-state index is 0.229. The number of benzene rings is 2. The third-order valence-corrected chi connectivity index (χ3v) is 5.36. The second-order valence-corrected chi connectivity index (χ2v) is 7.55. The van der Waals surface area contributed by atoms with E-state index in [0.717, 1.165) is 12.0 Å². The number of halogens is 2. The number of rotatable bonds is 3. The first-order chi connectivity index (χ1) is 13.5. The molecule has 28 heavy (non-hydrogen) atoms. The van der Waals surface area contributed by atoms with E-state index < -0.39 is 0 Å². The van der Waals surface area contributed by atoms with E-state index in [1.165, 1.54) is 4.90 Å². The molecule has 0 bridgehead atoms. The van der Waals surface area contributed by atoms with E-state index in [1.807, 2.05) is 18.2 Å². The van der Waals surface area contributed by atoms with Crippen molar-refractivity contribution in [3.8, 4) is 11.5 Å². The zero-order chi connectivity index (χ0) is 19.7. The highest BCUT2D eigenvalue weighted by atomic mass is 35.5. The highest BCUT2D eigenvalue weighted by Crippen LogP contribution is 2.38. The number of amides is 1. The third-order valence-electron chi connectivity index (χ3n) is 4.38. The average Bonchev–Trinajstić information content (AvgIpc) is 2.84. The molecule has 4 rings (SSSR count). The van der Waals surface area contributed by atoms with Gasteiger partial charge in [0.1, 0.15) is 5.70 Å². The van der Waals surface area contributed by atoms with Crippen LogP contribution in [-0.4, -0.2) is 29.1 Å². The van der Waals surface area contributed by atoms with Crippen LogP contribution in [0.5, 0.6) is 11.5 Å². The predicted octanol–water partition coefficient (Wildman–Crippen LogP) is 4.41. The summed E-state index contributed by atoms with van der Waals surface area (Å²) in [6.45, 7) is 1.40. The molecule has 0 atom stereocenters. The van der Waals surface area contributed by atoms with Gasteiger partial charge in [-0.25, -0.2) is 0 Å². The van der Waals surface area contributed by atoms with Gasteiger partial charge in [-0.15, -0.1) is 0 Å². The van der Waals surface area contributed by atoms with E-state index in [4.69, 9.17) is 44.9 Å². The molecule has 0 unspecified atom stereocenters. The molecule has 0 aromatic heterocycles. The molecular weight excluding hydrogens is 419 g/mol. The molecule has 1 fully saturated rings. The molecule has 2 aliphatic heterocycles. The SMILES string of the molecule is O=C1/C(=C\c2cc(Cl)c3c(c2)OCCCO3)NC(=S)N1Cc1ccccc1Cl. The number of hydrogen-bond donors (Lipinski definition) is 1. The van der Waals surface area contributed by atoms with Gasteiger partial charge in [-0.1, -0.05) is 41.4 Å². The van der Waals surface area contributed by atoms with Crippen LogP contribution in [0.15, 0.2) is 42.1 Å². The third kappa shape index (κ3) is 3.81. The Morgan fingerprint density at radius 2 is 1.93 bits per heavy atom. The first-order valence-electron chi connectivity index (χ1n) is 8.70. The molecule has 1 saturated heterocycles. The zero-order valence-electron chi connectivity index (χ0n) is 14.7. The summed E-state index contributed by atoms with van der Waals surface area (Å²) < 4.78 is 11.3. The maximum Gasteiger partial charge on any atom is 0.276 e. The number of hydrogen-bond acceptors (Lipinski definition) is 4. The van der Waals surface area contributed by atoms with Crippen LogP contribution in [0.1, 0.15) is 17.5 Å². The maximum atomic E-state index is 12.8. The van der Waals surface area contributed by atoms with Crippen molar-refractivity contribution < 1.29 is 14.3 Å². The fourth-order valence-corrected chi connectivity index (χ4v) is 3.74. The van der Waals surface area contributed by atoms with Gasteiger partial charge in [0.25, 0.3) is 5.91 Å². The van der Waals surface area contributed by atoms with Gasteiger partial charge >= 0.3 is 0 Å². The molecule has 0 radical (unpaired) electrons. The second kappa shape index (κ2) is 7.99. The lowest BCUT2D eigenvalue weighted by molar-refractivity contribution is -0.122.